The van der Waals surface area contributed by atoms with Gasteiger partial charge in [0.05, 0.1) is 12.5 Å². The Labute approximate surface area is 240 Å². The number of hydrogen-bond donors (Lipinski definition) is 2. The Morgan fingerprint density at radius 2 is 1.62 bits per heavy atom. The summed E-state index contributed by atoms with van der Waals surface area (Å²) in [6, 6.07) is 8.47. The molecule has 11 nitrogen and oxygen atoms in total. The number of methoxy groups -OCH3 is 1. The van der Waals surface area contributed by atoms with Crippen LogP contribution in [0.4, 0.5) is 9.59 Å². The minimum Gasteiger partial charge on any atom is -0.467 e. The van der Waals surface area contributed by atoms with E-state index in [1.807, 2.05) is 0 Å². The van der Waals surface area contributed by atoms with E-state index in [1.54, 1.807) is 78.1 Å². The second kappa shape index (κ2) is 12.7. The largest absolute Gasteiger partial charge is 0.467 e. The molecular formula is C28H43N3O8S. The van der Waals surface area contributed by atoms with E-state index in [9.17, 15) is 24.3 Å². The first kappa shape index (κ1) is 33.2. The Bertz CT molecular complexity index is 1070. The highest BCUT2D eigenvalue weighted by Gasteiger charge is 2.60. The van der Waals surface area contributed by atoms with E-state index >= 15 is 0 Å². The molecule has 1 aliphatic rings. The fourth-order valence-electron chi connectivity index (χ4n) is 4.75. The second-order valence-corrected chi connectivity index (χ2v) is 12.8. The highest BCUT2D eigenvalue weighted by molar-refractivity contribution is 7.99. The predicted octanol–water partition coefficient (Wildman–Crippen LogP) is 4.53. The molecule has 1 fully saturated rings. The molecule has 0 saturated carbocycles. The van der Waals surface area contributed by atoms with E-state index in [0.717, 1.165) is 21.6 Å². The van der Waals surface area contributed by atoms with Gasteiger partial charge in [-0.15, -0.1) is 11.8 Å². The third-order valence-corrected chi connectivity index (χ3v) is 7.36. The zero-order valence-corrected chi connectivity index (χ0v) is 25.5. The molecule has 0 aromatic heterocycles. The number of thioether (sulfide) groups is 1. The Balaban J connectivity index is 2.78. The predicted molar refractivity (Wildman–Crippen MR) is 151 cm³/mol. The molecule has 0 aliphatic carbocycles. The molecule has 0 radical (unpaired) electrons. The van der Waals surface area contributed by atoms with Gasteiger partial charge >= 0.3 is 24.1 Å². The molecule has 40 heavy (non-hydrogen) atoms. The molecule has 1 heterocycles. The Hall–Kier alpha value is -2.99. The van der Waals surface area contributed by atoms with Crippen LogP contribution < -0.4 is 5.73 Å². The molecule has 2 unspecified atom stereocenters. The maximum Gasteiger partial charge on any atom is 0.412 e. The van der Waals surface area contributed by atoms with Gasteiger partial charge in [-0.2, -0.15) is 0 Å². The lowest BCUT2D eigenvalue weighted by Crippen LogP contribution is -2.73. The Morgan fingerprint density at radius 1 is 1.05 bits per heavy atom. The van der Waals surface area contributed by atoms with Gasteiger partial charge in [-0.1, -0.05) is 30.3 Å². The first-order valence-electron chi connectivity index (χ1n) is 13.1. The van der Waals surface area contributed by atoms with Crippen molar-refractivity contribution in [3.05, 3.63) is 35.9 Å². The van der Waals surface area contributed by atoms with Crippen molar-refractivity contribution in [2.24, 2.45) is 5.73 Å². The van der Waals surface area contributed by atoms with Crippen molar-refractivity contribution in [3.63, 3.8) is 0 Å². The fourth-order valence-corrected chi connectivity index (χ4v) is 5.66. The number of likely N-dealkylation sites (tertiary alicyclic amines) is 1. The zero-order chi connectivity index (χ0) is 30.5. The molecule has 0 spiro atoms. The molecule has 1 aromatic carbocycles. The van der Waals surface area contributed by atoms with Gasteiger partial charge in [-0.25, -0.2) is 19.2 Å². The van der Waals surface area contributed by atoms with Crippen molar-refractivity contribution in [1.82, 2.24) is 9.80 Å². The van der Waals surface area contributed by atoms with E-state index in [0.29, 0.717) is 18.4 Å². The summed E-state index contributed by atoms with van der Waals surface area (Å²) in [5.41, 5.74) is 1.34. The standard InChI is InChI=1S/C28H43N3O8S/c1-25(2,3)38-22(33)28(16-12-13-17-30(28)24(36)39-26(4,5)6)31(23(34)35)20(40-8)18-27(29,21(32)37-7)19-14-10-9-11-15-19/h9-11,14-15,20H,12-13,16-18,29H2,1-8H3,(H,34,35)/t20?,27-,28?/m1/s1. The van der Waals surface area contributed by atoms with Crippen molar-refractivity contribution < 1.29 is 38.5 Å². The highest BCUT2D eigenvalue weighted by atomic mass is 32.2. The molecule has 224 valence electrons. The maximum absolute atomic E-state index is 14.1. The molecule has 2 amide bonds. The van der Waals surface area contributed by atoms with Crippen molar-refractivity contribution in [2.45, 2.75) is 95.0 Å². The summed E-state index contributed by atoms with van der Waals surface area (Å²) in [6.07, 6.45) is -0.0244. The number of carbonyl (C=O) groups excluding carboxylic acids is 3. The van der Waals surface area contributed by atoms with Crippen molar-refractivity contribution >= 4 is 35.9 Å². The average molecular weight is 582 g/mol. The summed E-state index contributed by atoms with van der Waals surface area (Å²) in [7, 11) is 1.20. The molecule has 1 aromatic rings. The minimum absolute atomic E-state index is 0.0361. The SMILES string of the molecule is COC(=O)[C@@](N)(CC(SC)N(C(=O)O)C1(C(=O)OC(C)(C)C)CCCCN1C(=O)OC(C)(C)C)c1ccccc1. The number of piperidine rings is 1. The van der Waals surface area contributed by atoms with Crippen LogP contribution in [0, 0.1) is 0 Å². The molecule has 0 bridgehead atoms. The topological polar surface area (TPSA) is 149 Å². The molecule has 3 atom stereocenters. The normalized spacial score (nSPS) is 20.1. The third kappa shape index (κ3) is 7.39. The van der Waals surface area contributed by atoms with E-state index in [1.165, 1.54) is 7.11 Å². The molecule has 12 heteroatoms. The van der Waals surface area contributed by atoms with Crippen LogP contribution in [0.3, 0.4) is 0 Å². The second-order valence-electron chi connectivity index (χ2n) is 11.8. The van der Waals surface area contributed by atoms with Gasteiger partial charge in [0.25, 0.3) is 0 Å². The quantitative estimate of drug-likeness (QED) is 0.255. The number of rotatable bonds is 8. The lowest BCUT2D eigenvalue weighted by molar-refractivity contribution is -0.187. The van der Waals surface area contributed by atoms with Gasteiger partial charge in [0, 0.05) is 19.4 Å². The van der Waals surface area contributed by atoms with E-state index in [4.69, 9.17) is 19.9 Å². The van der Waals surface area contributed by atoms with Gasteiger partial charge in [0.15, 0.2) is 0 Å². The number of hydrogen-bond acceptors (Lipinski definition) is 9. The van der Waals surface area contributed by atoms with Gasteiger partial charge in [0.1, 0.15) is 16.7 Å². The van der Waals surface area contributed by atoms with Crippen LogP contribution in [0.5, 0.6) is 0 Å². The van der Waals surface area contributed by atoms with Gasteiger partial charge in [-0.3, -0.25) is 9.80 Å². The lowest BCUT2D eigenvalue weighted by Gasteiger charge is -2.52. The molecule has 1 saturated heterocycles. The van der Waals surface area contributed by atoms with E-state index in [2.05, 4.69) is 0 Å². The number of benzene rings is 1. The zero-order valence-electron chi connectivity index (χ0n) is 24.7. The Kier molecular flexibility index (Phi) is 10.5. The van der Waals surface area contributed by atoms with Crippen molar-refractivity contribution in [3.8, 4) is 0 Å². The van der Waals surface area contributed by atoms with Crippen molar-refractivity contribution in [2.75, 3.05) is 19.9 Å². The van der Waals surface area contributed by atoms with Crippen LogP contribution in [0.15, 0.2) is 30.3 Å². The first-order valence-corrected chi connectivity index (χ1v) is 14.4. The monoisotopic (exact) mass is 581 g/mol. The smallest absolute Gasteiger partial charge is 0.412 e. The number of nitrogens with two attached hydrogens (primary N) is 1. The lowest BCUT2D eigenvalue weighted by atomic mass is 9.86. The summed E-state index contributed by atoms with van der Waals surface area (Å²) < 4.78 is 16.4. The van der Waals surface area contributed by atoms with Crippen LogP contribution in [0.1, 0.15) is 72.8 Å². The van der Waals surface area contributed by atoms with Crippen LogP contribution in [0.2, 0.25) is 0 Å². The van der Waals surface area contributed by atoms with Crippen LogP contribution >= 0.6 is 11.8 Å². The molecule has 1 aliphatic heterocycles. The van der Waals surface area contributed by atoms with Gasteiger partial charge < -0.3 is 25.1 Å². The van der Waals surface area contributed by atoms with E-state index < -0.39 is 51.9 Å². The molecule has 3 N–H and O–H groups in total. The Morgan fingerprint density at radius 3 is 2.10 bits per heavy atom. The number of nitrogens with zero attached hydrogens (tertiary/aromatic N) is 2. The van der Waals surface area contributed by atoms with Crippen molar-refractivity contribution in [1.29, 1.82) is 0 Å². The van der Waals surface area contributed by atoms with Crippen LogP contribution in [0.25, 0.3) is 0 Å². The van der Waals surface area contributed by atoms with Gasteiger partial charge in [-0.05, 0) is 66.2 Å². The minimum atomic E-state index is -2.08. The molecular weight excluding hydrogens is 538 g/mol. The maximum atomic E-state index is 14.1. The number of carbonyl (C=O) groups is 4. The summed E-state index contributed by atoms with van der Waals surface area (Å²) in [4.78, 5) is 56.0. The number of carboxylic acid groups (broad SMARTS) is 1. The van der Waals surface area contributed by atoms with Gasteiger partial charge in [0.2, 0.25) is 5.66 Å². The number of esters is 2. The first-order chi connectivity index (χ1) is 18.4. The molecule has 2 rings (SSSR count). The van der Waals surface area contributed by atoms with E-state index in [-0.39, 0.29) is 19.4 Å². The average Bonchev–Trinajstić information content (AvgIpc) is 2.86. The van der Waals surface area contributed by atoms with Crippen LogP contribution in [-0.2, 0) is 29.3 Å². The number of ether oxygens (including phenoxy) is 3. The number of amides is 2. The fraction of sp³-hybridized carbons (Fsp3) is 0.643. The third-order valence-electron chi connectivity index (χ3n) is 6.44. The summed E-state index contributed by atoms with van der Waals surface area (Å²) >= 11 is 1.08. The highest BCUT2D eigenvalue weighted by Crippen LogP contribution is 2.41. The summed E-state index contributed by atoms with van der Waals surface area (Å²) in [5, 5.41) is 9.62. The van der Waals surface area contributed by atoms with Crippen LogP contribution in [-0.4, -0.2) is 81.2 Å². The summed E-state index contributed by atoms with van der Waals surface area (Å²) in [6.45, 7) is 10.1. The summed E-state index contributed by atoms with van der Waals surface area (Å²) in [5.74, 6) is -1.69.